The Morgan fingerprint density at radius 1 is 1.40 bits per heavy atom. The molecule has 20 heavy (non-hydrogen) atoms. The Balaban J connectivity index is 1.76. The molecule has 2 rings (SSSR count). The van der Waals surface area contributed by atoms with Crippen LogP contribution in [0, 0.1) is 5.92 Å². The third-order valence-electron chi connectivity index (χ3n) is 3.55. The number of aryl methyl sites for hydroxylation is 1. The lowest BCUT2D eigenvalue weighted by atomic mass is 9.86. The van der Waals surface area contributed by atoms with Crippen molar-refractivity contribution in [2.75, 3.05) is 5.32 Å². The van der Waals surface area contributed by atoms with Gasteiger partial charge in [0.05, 0.1) is 11.6 Å². The molecule has 110 valence electrons. The molecule has 7 heteroatoms. The number of carboxylic acids is 1. The lowest BCUT2D eigenvalue weighted by Gasteiger charge is -2.26. The molecule has 0 spiro atoms. The number of aliphatic carboxylic acids is 1. The van der Waals surface area contributed by atoms with E-state index in [-0.39, 0.29) is 18.0 Å². The minimum atomic E-state index is -0.734. The molecule has 3 N–H and O–H groups in total. The maximum Gasteiger partial charge on any atom is 0.321 e. The van der Waals surface area contributed by atoms with Gasteiger partial charge in [-0.25, -0.2) is 9.78 Å². The number of aromatic nitrogens is 1. The summed E-state index contributed by atoms with van der Waals surface area (Å²) in [7, 11) is 0. The van der Waals surface area contributed by atoms with Gasteiger partial charge in [-0.05, 0) is 32.1 Å². The van der Waals surface area contributed by atoms with E-state index in [1.165, 1.54) is 11.3 Å². The average molecular weight is 297 g/mol. The number of carboxylic acid groups (broad SMARTS) is 1. The smallest absolute Gasteiger partial charge is 0.321 e. The van der Waals surface area contributed by atoms with E-state index in [0.717, 1.165) is 12.1 Å². The molecule has 1 aliphatic carbocycles. The number of nitrogens with zero attached hydrogens (tertiary/aromatic N) is 1. The first-order valence-electron chi connectivity index (χ1n) is 6.83. The molecule has 0 bridgehead atoms. The van der Waals surface area contributed by atoms with Crippen LogP contribution in [0.5, 0.6) is 0 Å². The maximum atomic E-state index is 11.8. The first kappa shape index (κ1) is 14.8. The van der Waals surface area contributed by atoms with E-state index >= 15 is 0 Å². The Morgan fingerprint density at radius 2 is 2.10 bits per heavy atom. The van der Waals surface area contributed by atoms with Gasteiger partial charge in [0.1, 0.15) is 0 Å². The van der Waals surface area contributed by atoms with Gasteiger partial charge in [-0.2, -0.15) is 0 Å². The number of anilines is 1. The Morgan fingerprint density at radius 3 is 2.65 bits per heavy atom. The first-order valence-corrected chi connectivity index (χ1v) is 7.71. The van der Waals surface area contributed by atoms with Crippen molar-refractivity contribution in [3.8, 4) is 0 Å². The van der Waals surface area contributed by atoms with Crippen LogP contribution in [0.15, 0.2) is 5.38 Å². The standard InChI is InChI=1S/C13H19N3O3S/c1-2-9-7-20-13(15-9)16-12(19)14-10-5-3-8(4-6-10)11(17)18/h7-8,10H,2-6H2,1H3,(H,17,18)(H2,14,15,16,19). The molecule has 1 fully saturated rings. The van der Waals surface area contributed by atoms with Crippen molar-refractivity contribution in [2.24, 2.45) is 5.92 Å². The van der Waals surface area contributed by atoms with Crippen LogP contribution >= 0.6 is 11.3 Å². The fourth-order valence-corrected chi connectivity index (χ4v) is 3.12. The Hall–Kier alpha value is -1.63. The summed E-state index contributed by atoms with van der Waals surface area (Å²) in [5.41, 5.74) is 0.965. The van der Waals surface area contributed by atoms with Crippen LogP contribution in [0.3, 0.4) is 0 Å². The number of nitrogens with one attached hydrogen (secondary N) is 2. The van der Waals surface area contributed by atoms with E-state index in [4.69, 9.17) is 5.11 Å². The van der Waals surface area contributed by atoms with E-state index < -0.39 is 5.97 Å². The van der Waals surface area contributed by atoms with E-state index in [0.29, 0.717) is 30.8 Å². The van der Waals surface area contributed by atoms with Crippen molar-refractivity contribution < 1.29 is 14.7 Å². The highest BCUT2D eigenvalue weighted by Gasteiger charge is 2.26. The summed E-state index contributed by atoms with van der Waals surface area (Å²) in [5, 5.41) is 17.0. The quantitative estimate of drug-likeness (QED) is 0.796. The molecular weight excluding hydrogens is 278 g/mol. The molecule has 2 amide bonds. The highest BCUT2D eigenvalue weighted by atomic mass is 32.1. The number of amides is 2. The van der Waals surface area contributed by atoms with Crippen LogP contribution in [0.4, 0.5) is 9.93 Å². The van der Waals surface area contributed by atoms with Crippen molar-refractivity contribution in [3.05, 3.63) is 11.1 Å². The third-order valence-corrected chi connectivity index (χ3v) is 4.35. The van der Waals surface area contributed by atoms with Gasteiger partial charge in [-0.1, -0.05) is 6.92 Å². The largest absolute Gasteiger partial charge is 0.481 e. The number of rotatable bonds is 4. The number of thiazole rings is 1. The van der Waals surface area contributed by atoms with Gasteiger partial charge in [0, 0.05) is 11.4 Å². The molecule has 0 radical (unpaired) electrons. The van der Waals surface area contributed by atoms with Crippen LogP contribution in [-0.2, 0) is 11.2 Å². The highest BCUT2D eigenvalue weighted by Crippen LogP contribution is 2.24. The Labute approximate surface area is 121 Å². The lowest BCUT2D eigenvalue weighted by molar-refractivity contribution is -0.142. The van der Waals surface area contributed by atoms with Crippen LogP contribution in [0.2, 0.25) is 0 Å². The molecule has 0 aliphatic heterocycles. The van der Waals surface area contributed by atoms with E-state index in [9.17, 15) is 9.59 Å². The number of hydrogen-bond acceptors (Lipinski definition) is 4. The maximum absolute atomic E-state index is 11.8. The molecule has 0 unspecified atom stereocenters. The van der Waals surface area contributed by atoms with Gasteiger partial charge in [0.25, 0.3) is 0 Å². The second-order valence-electron chi connectivity index (χ2n) is 4.98. The topological polar surface area (TPSA) is 91.3 Å². The van der Waals surface area contributed by atoms with Crippen molar-refractivity contribution in [3.63, 3.8) is 0 Å². The molecule has 0 aromatic carbocycles. The fraction of sp³-hybridized carbons (Fsp3) is 0.615. The molecular formula is C13H19N3O3S. The lowest BCUT2D eigenvalue weighted by Crippen LogP contribution is -2.40. The average Bonchev–Trinajstić information content (AvgIpc) is 2.86. The Kier molecular flexibility index (Phi) is 4.94. The van der Waals surface area contributed by atoms with Crippen molar-refractivity contribution >= 4 is 28.5 Å². The van der Waals surface area contributed by atoms with Crippen LogP contribution in [0.1, 0.15) is 38.3 Å². The number of urea groups is 1. The Bertz CT molecular complexity index is 481. The van der Waals surface area contributed by atoms with Gasteiger partial charge < -0.3 is 10.4 Å². The summed E-state index contributed by atoms with van der Waals surface area (Å²) in [6, 6.07) is -0.211. The first-order chi connectivity index (χ1) is 9.58. The molecule has 0 saturated heterocycles. The van der Waals surface area contributed by atoms with E-state index in [2.05, 4.69) is 15.6 Å². The fourth-order valence-electron chi connectivity index (χ4n) is 2.33. The van der Waals surface area contributed by atoms with Crippen LogP contribution in [0.25, 0.3) is 0 Å². The second-order valence-corrected chi connectivity index (χ2v) is 5.84. The predicted octanol–water partition coefficient (Wildman–Crippen LogP) is 2.47. The number of carbonyl (C=O) groups is 2. The molecule has 1 aliphatic rings. The number of carbonyl (C=O) groups excluding carboxylic acids is 1. The predicted molar refractivity (Wildman–Crippen MR) is 77.0 cm³/mol. The minimum Gasteiger partial charge on any atom is -0.481 e. The summed E-state index contributed by atoms with van der Waals surface area (Å²) in [6.07, 6.45) is 3.51. The number of hydrogen-bond donors (Lipinski definition) is 3. The van der Waals surface area contributed by atoms with E-state index in [1.807, 2.05) is 12.3 Å². The van der Waals surface area contributed by atoms with E-state index in [1.54, 1.807) is 0 Å². The zero-order chi connectivity index (χ0) is 14.5. The van der Waals surface area contributed by atoms with Gasteiger partial charge in [-0.3, -0.25) is 10.1 Å². The van der Waals surface area contributed by atoms with Gasteiger partial charge >= 0.3 is 12.0 Å². The molecule has 1 saturated carbocycles. The molecule has 0 atom stereocenters. The summed E-state index contributed by atoms with van der Waals surface area (Å²) in [4.78, 5) is 26.9. The monoisotopic (exact) mass is 297 g/mol. The van der Waals surface area contributed by atoms with Gasteiger partial charge in [0.2, 0.25) is 0 Å². The molecule has 6 nitrogen and oxygen atoms in total. The zero-order valence-corrected chi connectivity index (χ0v) is 12.2. The summed E-state index contributed by atoms with van der Waals surface area (Å²) in [5.74, 6) is -0.995. The normalized spacial score (nSPS) is 22.2. The molecule has 1 aromatic rings. The summed E-state index contributed by atoms with van der Waals surface area (Å²) in [6.45, 7) is 2.01. The second kappa shape index (κ2) is 6.69. The molecule has 1 heterocycles. The third kappa shape index (κ3) is 3.93. The van der Waals surface area contributed by atoms with Crippen molar-refractivity contribution in [2.45, 2.75) is 45.1 Å². The van der Waals surface area contributed by atoms with Gasteiger partial charge in [0.15, 0.2) is 5.13 Å². The minimum absolute atomic E-state index is 0.0520. The molecule has 1 aromatic heterocycles. The van der Waals surface area contributed by atoms with Crippen LogP contribution in [-0.4, -0.2) is 28.1 Å². The van der Waals surface area contributed by atoms with Crippen molar-refractivity contribution in [1.82, 2.24) is 10.3 Å². The SMILES string of the molecule is CCc1csc(NC(=O)NC2CCC(C(=O)O)CC2)n1. The zero-order valence-electron chi connectivity index (χ0n) is 11.4. The summed E-state index contributed by atoms with van der Waals surface area (Å²) < 4.78 is 0. The van der Waals surface area contributed by atoms with Gasteiger partial charge in [-0.15, -0.1) is 11.3 Å². The van der Waals surface area contributed by atoms with Crippen LogP contribution < -0.4 is 10.6 Å². The highest BCUT2D eigenvalue weighted by molar-refractivity contribution is 7.13. The summed E-state index contributed by atoms with van der Waals surface area (Å²) >= 11 is 1.41. The van der Waals surface area contributed by atoms with Crippen molar-refractivity contribution in [1.29, 1.82) is 0 Å².